The van der Waals surface area contributed by atoms with Crippen LogP contribution in [0.15, 0.2) is 53.4 Å². The maximum absolute atomic E-state index is 12.3. The number of ether oxygens (including phenoxy) is 1. The molecule has 0 atom stereocenters. The number of hydrogen-bond donors (Lipinski definition) is 1. The molecule has 0 heterocycles. The third-order valence-corrected chi connectivity index (χ3v) is 5.59. The second-order valence-corrected chi connectivity index (χ2v) is 7.57. The molecular formula is C17H16ClNO5S. The highest BCUT2D eigenvalue weighted by molar-refractivity contribution is 7.91. The molecule has 2 rings (SSSR count). The summed E-state index contributed by atoms with van der Waals surface area (Å²) in [6.45, 7) is 0. The van der Waals surface area contributed by atoms with Crippen molar-refractivity contribution in [3.05, 3.63) is 59.1 Å². The molecule has 0 spiro atoms. The van der Waals surface area contributed by atoms with E-state index in [0.717, 1.165) is 0 Å². The molecule has 0 radical (unpaired) electrons. The summed E-state index contributed by atoms with van der Waals surface area (Å²) in [4.78, 5) is 23.7. The third kappa shape index (κ3) is 4.80. The molecule has 0 saturated heterocycles. The Kier molecular flexibility index (Phi) is 6.17. The Morgan fingerprint density at radius 3 is 2.40 bits per heavy atom. The van der Waals surface area contributed by atoms with Gasteiger partial charge in [-0.05, 0) is 24.3 Å². The van der Waals surface area contributed by atoms with Crippen LogP contribution in [0.5, 0.6) is 0 Å². The molecule has 132 valence electrons. The van der Waals surface area contributed by atoms with E-state index in [-0.39, 0.29) is 27.6 Å². The van der Waals surface area contributed by atoms with Crippen LogP contribution in [0, 0.1) is 0 Å². The molecule has 0 aliphatic carbocycles. The van der Waals surface area contributed by atoms with Crippen molar-refractivity contribution in [3.63, 3.8) is 0 Å². The zero-order valence-electron chi connectivity index (χ0n) is 13.4. The first-order valence-corrected chi connectivity index (χ1v) is 9.32. The summed E-state index contributed by atoms with van der Waals surface area (Å²) in [6, 6.07) is 12.4. The lowest BCUT2D eigenvalue weighted by molar-refractivity contribution is -0.115. The van der Waals surface area contributed by atoms with Crippen LogP contribution in [-0.4, -0.2) is 33.2 Å². The van der Waals surface area contributed by atoms with E-state index < -0.39 is 27.5 Å². The molecule has 0 unspecified atom stereocenters. The Morgan fingerprint density at radius 2 is 1.72 bits per heavy atom. The maximum Gasteiger partial charge on any atom is 0.339 e. The van der Waals surface area contributed by atoms with E-state index in [1.54, 1.807) is 24.3 Å². The standard InChI is InChI=1S/C17H16ClNO5S/c1-24-17(21)12-6-2-4-8-14(12)19-16(20)10-11-25(22,23)15-9-5-3-7-13(15)18/h2-9H,10-11H2,1H3,(H,19,20). The number of carbonyl (C=O) groups is 2. The Labute approximate surface area is 150 Å². The van der Waals surface area contributed by atoms with Crippen molar-refractivity contribution in [2.45, 2.75) is 11.3 Å². The SMILES string of the molecule is COC(=O)c1ccccc1NC(=O)CCS(=O)(=O)c1ccccc1Cl. The van der Waals surface area contributed by atoms with Crippen LogP contribution in [0.4, 0.5) is 5.69 Å². The number of methoxy groups -OCH3 is 1. The average Bonchev–Trinajstić information content (AvgIpc) is 2.60. The van der Waals surface area contributed by atoms with E-state index >= 15 is 0 Å². The van der Waals surface area contributed by atoms with Crippen LogP contribution in [0.2, 0.25) is 5.02 Å². The van der Waals surface area contributed by atoms with Crippen molar-refractivity contribution < 1.29 is 22.7 Å². The highest BCUT2D eigenvalue weighted by atomic mass is 35.5. The quantitative estimate of drug-likeness (QED) is 0.777. The first-order valence-electron chi connectivity index (χ1n) is 7.29. The molecule has 0 aliphatic heterocycles. The van der Waals surface area contributed by atoms with Gasteiger partial charge in [0.05, 0.1) is 34.0 Å². The highest BCUT2D eigenvalue weighted by Crippen LogP contribution is 2.22. The van der Waals surface area contributed by atoms with E-state index in [1.807, 2.05) is 0 Å². The van der Waals surface area contributed by atoms with E-state index in [4.69, 9.17) is 11.6 Å². The van der Waals surface area contributed by atoms with Crippen molar-refractivity contribution in [2.24, 2.45) is 0 Å². The summed E-state index contributed by atoms with van der Waals surface area (Å²) in [7, 11) is -2.46. The van der Waals surface area contributed by atoms with Gasteiger partial charge in [0.25, 0.3) is 0 Å². The van der Waals surface area contributed by atoms with Gasteiger partial charge in [-0.2, -0.15) is 0 Å². The van der Waals surface area contributed by atoms with E-state index in [0.29, 0.717) is 0 Å². The number of para-hydroxylation sites is 1. The lowest BCUT2D eigenvalue weighted by Crippen LogP contribution is -2.19. The molecule has 1 amide bonds. The largest absolute Gasteiger partial charge is 0.465 e. The second-order valence-electron chi connectivity index (χ2n) is 5.08. The van der Waals surface area contributed by atoms with Crippen molar-refractivity contribution in [2.75, 3.05) is 18.2 Å². The molecule has 1 N–H and O–H groups in total. The summed E-state index contributed by atoms with van der Waals surface area (Å²) < 4.78 is 29.2. The Balaban J connectivity index is 2.07. The molecule has 0 fully saturated rings. The fraction of sp³-hybridized carbons (Fsp3) is 0.176. The van der Waals surface area contributed by atoms with Gasteiger partial charge >= 0.3 is 5.97 Å². The molecule has 2 aromatic carbocycles. The van der Waals surface area contributed by atoms with Gasteiger partial charge in [0.2, 0.25) is 5.91 Å². The zero-order valence-corrected chi connectivity index (χ0v) is 14.9. The zero-order chi connectivity index (χ0) is 18.4. The summed E-state index contributed by atoms with van der Waals surface area (Å²) in [6.07, 6.45) is -0.275. The molecule has 0 bridgehead atoms. The number of amides is 1. The van der Waals surface area contributed by atoms with Gasteiger partial charge in [-0.3, -0.25) is 4.79 Å². The van der Waals surface area contributed by atoms with E-state index in [2.05, 4.69) is 10.1 Å². The maximum atomic E-state index is 12.3. The Morgan fingerprint density at radius 1 is 1.08 bits per heavy atom. The number of anilines is 1. The van der Waals surface area contributed by atoms with Crippen LogP contribution < -0.4 is 5.32 Å². The molecule has 0 aromatic heterocycles. The van der Waals surface area contributed by atoms with E-state index in [1.165, 1.54) is 31.4 Å². The smallest absolute Gasteiger partial charge is 0.339 e. The van der Waals surface area contributed by atoms with Crippen LogP contribution in [0.1, 0.15) is 16.8 Å². The predicted octanol–water partition coefficient (Wildman–Crippen LogP) is 2.93. The molecule has 2 aromatic rings. The molecule has 0 saturated carbocycles. The fourth-order valence-electron chi connectivity index (χ4n) is 2.13. The fourth-order valence-corrected chi connectivity index (χ4v) is 3.94. The third-order valence-electron chi connectivity index (χ3n) is 3.38. The minimum absolute atomic E-state index is 0.0144. The summed E-state index contributed by atoms with van der Waals surface area (Å²) in [5.41, 5.74) is 0.446. The Bertz CT molecular complexity index is 895. The van der Waals surface area contributed by atoms with Crippen molar-refractivity contribution in [1.82, 2.24) is 0 Å². The number of sulfone groups is 1. The minimum atomic E-state index is -3.69. The van der Waals surface area contributed by atoms with Gasteiger partial charge in [-0.1, -0.05) is 35.9 Å². The van der Waals surface area contributed by atoms with Gasteiger partial charge in [-0.15, -0.1) is 0 Å². The van der Waals surface area contributed by atoms with Crippen molar-refractivity contribution >= 4 is 39.0 Å². The predicted molar refractivity (Wildman–Crippen MR) is 94.5 cm³/mol. The summed E-state index contributed by atoms with van der Waals surface area (Å²) >= 11 is 5.89. The van der Waals surface area contributed by atoms with Gasteiger partial charge in [0, 0.05) is 6.42 Å². The molecular weight excluding hydrogens is 366 g/mol. The second kappa shape index (κ2) is 8.13. The van der Waals surface area contributed by atoms with Crippen LogP contribution in [0.25, 0.3) is 0 Å². The lowest BCUT2D eigenvalue weighted by atomic mass is 10.2. The van der Waals surface area contributed by atoms with Gasteiger partial charge in [-0.25, -0.2) is 13.2 Å². The van der Waals surface area contributed by atoms with Gasteiger partial charge in [0.1, 0.15) is 0 Å². The lowest BCUT2D eigenvalue weighted by Gasteiger charge is -2.10. The number of halogens is 1. The van der Waals surface area contributed by atoms with Crippen LogP contribution >= 0.6 is 11.6 Å². The number of rotatable bonds is 6. The van der Waals surface area contributed by atoms with E-state index in [9.17, 15) is 18.0 Å². The number of nitrogens with one attached hydrogen (secondary N) is 1. The number of hydrogen-bond acceptors (Lipinski definition) is 5. The molecule has 6 nitrogen and oxygen atoms in total. The minimum Gasteiger partial charge on any atom is -0.465 e. The number of benzene rings is 2. The van der Waals surface area contributed by atoms with Crippen LogP contribution in [0.3, 0.4) is 0 Å². The summed E-state index contributed by atoms with van der Waals surface area (Å²) in [5.74, 6) is -1.53. The summed E-state index contributed by atoms with van der Waals surface area (Å²) in [5, 5.41) is 2.64. The normalized spacial score (nSPS) is 11.0. The molecule has 8 heteroatoms. The number of esters is 1. The number of carbonyl (C=O) groups excluding carboxylic acids is 2. The van der Waals surface area contributed by atoms with Crippen molar-refractivity contribution in [3.8, 4) is 0 Å². The average molecular weight is 382 g/mol. The Hall–Kier alpha value is -2.38. The molecule has 0 aliphatic rings. The first kappa shape index (κ1) is 19.0. The monoisotopic (exact) mass is 381 g/mol. The van der Waals surface area contributed by atoms with Gasteiger partial charge < -0.3 is 10.1 Å². The van der Waals surface area contributed by atoms with Gasteiger partial charge in [0.15, 0.2) is 9.84 Å². The first-order chi connectivity index (χ1) is 11.8. The molecule has 25 heavy (non-hydrogen) atoms. The topological polar surface area (TPSA) is 89.5 Å². The van der Waals surface area contributed by atoms with Crippen molar-refractivity contribution in [1.29, 1.82) is 0 Å². The van der Waals surface area contributed by atoms with Crippen LogP contribution in [-0.2, 0) is 19.4 Å². The highest BCUT2D eigenvalue weighted by Gasteiger charge is 2.20.